The van der Waals surface area contributed by atoms with Crippen molar-refractivity contribution in [2.45, 2.75) is 18.9 Å². The molecule has 3 aromatic rings. The van der Waals surface area contributed by atoms with Crippen LogP contribution in [0.15, 0.2) is 67.0 Å². The number of morpholine rings is 1. The molecular formula is C26H28N4O3. The van der Waals surface area contributed by atoms with Crippen LogP contribution in [0.4, 0.5) is 0 Å². The summed E-state index contributed by atoms with van der Waals surface area (Å²) < 4.78 is 6.20. The second kappa shape index (κ2) is 9.50. The van der Waals surface area contributed by atoms with Crippen LogP contribution in [0.1, 0.15) is 21.7 Å². The lowest BCUT2D eigenvalue weighted by Crippen LogP contribution is -2.61. The Morgan fingerprint density at radius 3 is 2.45 bits per heavy atom. The first-order valence-corrected chi connectivity index (χ1v) is 11.0. The van der Waals surface area contributed by atoms with Gasteiger partial charge in [0.05, 0.1) is 25.0 Å². The van der Waals surface area contributed by atoms with Crippen molar-refractivity contribution in [1.82, 2.24) is 19.8 Å². The lowest BCUT2D eigenvalue weighted by atomic mass is 9.87. The van der Waals surface area contributed by atoms with Gasteiger partial charge in [-0.25, -0.2) is 4.98 Å². The van der Waals surface area contributed by atoms with E-state index in [-0.39, 0.29) is 30.7 Å². The van der Waals surface area contributed by atoms with Crippen molar-refractivity contribution in [1.29, 1.82) is 0 Å². The lowest BCUT2D eigenvalue weighted by Gasteiger charge is -2.43. The fourth-order valence-electron chi connectivity index (χ4n) is 4.22. The molecule has 1 aliphatic rings. The van der Waals surface area contributed by atoms with Gasteiger partial charge in [-0.3, -0.25) is 14.6 Å². The van der Waals surface area contributed by atoms with Gasteiger partial charge in [0.2, 0.25) is 0 Å². The van der Waals surface area contributed by atoms with Gasteiger partial charge >= 0.3 is 0 Å². The molecule has 1 fully saturated rings. The van der Waals surface area contributed by atoms with Crippen molar-refractivity contribution in [2.75, 3.05) is 33.8 Å². The minimum absolute atomic E-state index is 0.140. The zero-order valence-electron chi connectivity index (χ0n) is 19.2. The van der Waals surface area contributed by atoms with E-state index in [1.54, 1.807) is 25.2 Å². The summed E-state index contributed by atoms with van der Waals surface area (Å²) in [5.41, 5.74) is 2.91. The average Bonchev–Trinajstić information content (AvgIpc) is 2.84. The largest absolute Gasteiger partial charge is 0.361 e. The molecule has 0 saturated carbocycles. The summed E-state index contributed by atoms with van der Waals surface area (Å²) in [6.45, 7) is 2.61. The number of hydrogen-bond acceptors (Lipinski definition) is 5. The van der Waals surface area contributed by atoms with Crippen molar-refractivity contribution >= 4 is 11.8 Å². The second-order valence-corrected chi connectivity index (χ2v) is 8.51. The SMILES string of the molecule is Cc1cnc(C(=O)N2CCO[C@](Cc3ccccc3-c3ccccc3)(C(=O)N(C)C)C2)cn1. The third-order valence-corrected chi connectivity index (χ3v) is 5.85. The maximum absolute atomic E-state index is 13.5. The summed E-state index contributed by atoms with van der Waals surface area (Å²) in [6.07, 6.45) is 3.40. The maximum Gasteiger partial charge on any atom is 0.274 e. The van der Waals surface area contributed by atoms with Crippen molar-refractivity contribution in [3.63, 3.8) is 0 Å². The van der Waals surface area contributed by atoms with E-state index >= 15 is 0 Å². The highest BCUT2D eigenvalue weighted by molar-refractivity contribution is 5.93. The standard InChI is InChI=1S/C26H28N4O3/c1-19-16-28-23(17-27-19)24(31)30-13-14-33-26(18-30,25(32)29(2)3)15-21-11-7-8-12-22(21)20-9-5-4-6-10-20/h4-12,16-17H,13-15,18H2,1-3H3/t26-/m0/s1. The number of nitrogens with zero attached hydrogens (tertiary/aromatic N) is 4. The highest BCUT2D eigenvalue weighted by Gasteiger charge is 2.46. The smallest absolute Gasteiger partial charge is 0.274 e. The molecule has 2 amide bonds. The summed E-state index contributed by atoms with van der Waals surface area (Å²) in [4.78, 5) is 38.2. The number of amides is 2. The maximum atomic E-state index is 13.5. The number of hydrogen-bond donors (Lipinski definition) is 0. The Labute approximate surface area is 194 Å². The highest BCUT2D eigenvalue weighted by Crippen LogP contribution is 2.31. The monoisotopic (exact) mass is 444 g/mol. The average molecular weight is 445 g/mol. The molecule has 0 aliphatic carbocycles. The predicted molar refractivity (Wildman–Crippen MR) is 126 cm³/mol. The number of aryl methyl sites for hydroxylation is 1. The van der Waals surface area contributed by atoms with Crippen LogP contribution in [0.2, 0.25) is 0 Å². The van der Waals surface area contributed by atoms with Crippen LogP contribution in [-0.2, 0) is 16.0 Å². The quantitative estimate of drug-likeness (QED) is 0.605. The minimum Gasteiger partial charge on any atom is -0.361 e. The van der Waals surface area contributed by atoms with E-state index in [4.69, 9.17) is 4.74 Å². The predicted octanol–water partition coefficient (Wildman–Crippen LogP) is 2.99. The van der Waals surface area contributed by atoms with Gasteiger partial charge < -0.3 is 14.5 Å². The Bertz CT molecular complexity index is 1130. The van der Waals surface area contributed by atoms with Gasteiger partial charge in [0.1, 0.15) is 5.69 Å². The molecule has 0 spiro atoms. The van der Waals surface area contributed by atoms with Crippen molar-refractivity contribution in [2.24, 2.45) is 0 Å². The summed E-state index contributed by atoms with van der Waals surface area (Å²) in [5, 5.41) is 0. The summed E-state index contributed by atoms with van der Waals surface area (Å²) in [5.74, 6) is -0.420. The van der Waals surface area contributed by atoms with Crippen molar-refractivity contribution in [3.05, 3.63) is 83.9 Å². The first-order valence-electron chi connectivity index (χ1n) is 11.0. The van der Waals surface area contributed by atoms with Crippen LogP contribution in [0, 0.1) is 6.92 Å². The Morgan fingerprint density at radius 1 is 1.03 bits per heavy atom. The van der Waals surface area contributed by atoms with Gasteiger partial charge in [0, 0.05) is 33.3 Å². The first-order chi connectivity index (χ1) is 15.9. The van der Waals surface area contributed by atoms with Gasteiger partial charge in [-0.2, -0.15) is 0 Å². The van der Waals surface area contributed by atoms with Crippen LogP contribution in [0.25, 0.3) is 11.1 Å². The zero-order valence-corrected chi connectivity index (χ0v) is 19.2. The topological polar surface area (TPSA) is 75.6 Å². The summed E-state index contributed by atoms with van der Waals surface area (Å²) in [7, 11) is 3.42. The fraction of sp³-hybridized carbons (Fsp3) is 0.308. The molecule has 1 aromatic heterocycles. The molecule has 1 atom stereocenters. The molecule has 2 aromatic carbocycles. The molecule has 170 valence electrons. The molecule has 2 heterocycles. The molecule has 7 heteroatoms. The van der Waals surface area contributed by atoms with Crippen LogP contribution in [-0.4, -0.2) is 71.0 Å². The van der Waals surface area contributed by atoms with E-state index in [9.17, 15) is 9.59 Å². The van der Waals surface area contributed by atoms with Crippen molar-refractivity contribution < 1.29 is 14.3 Å². The van der Waals surface area contributed by atoms with E-state index in [0.29, 0.717) is 13.0 Å². The first kappa shape index (κ1) is 22.6. The fourth-order valence-corrected chi connectivity index (χ4v) is 4.22. The summed E-state index contributed by atoms with van der Waals surface area (Å²) in [6, 6.07) is 18.1. The molecule has 1 saturated heterocycles. The third kappa shape index (κ3) is 4.78. The Balaban J connectivity index is 1.69. The molecule has 0 unspecified atom stereocenters. The molecule has 0 bridgehead atoms. The third-order valence-electron chi connectivity index (χ3n) is 5.85. The number of benzene rings is 2. The molecule has 1 aliphatic heterocycles. The van der Waals surface area contributed by atoms with E-state index in [2.05, 4.69) is 9.97 Å². The van der Waals surface area contributed by atoms with E-state index in [0.717, 1.165) is 22.4 Å². The molecule has 33 heavy (non-hydrogen) atoms. The molecular weight excluding hydrogens is 416 g/mol. The van der Waals surface area contributed by atoms with Crippen LogP contribution >= 0.6 is 0 Å². The lowest BCUT2D eigenvalue weighted by molar-refractivity contribution is -0.165. The number of rotatable bonds is 5. The van der Waals surface area contributed by atoms with Crippen LogP contribution in [0.5, 0.6) is 0 Å². The number of aromatic nitrogens is 2. The molecule has 0 N–H and O–H groups in total. The van der Waals surface area contributed by atoms with Gasteiger partial charge in [0.25, 0.3) is 11.8 Å². The normalized spacial score (nSPS) is 18.1. The van der Waals surface area contributed by atoms with Crippen molar-refractivity contribution in [3.8, 4) is 11.1 Å². The Morgan fingerprint density at radius 2 is 1.76 bits per heavy atom. The molecule has 4 rings (SSSR count). The number of carbonyl (C=O) groups excluding carboxylic acids is 2. The van der Waals surface area contributed by atoms with E-state index in [1.165, 1.54) is 11.1 Å². The van der Waals surface area contributed by atoms with Gasteiger partial charge in [-0.05, 0) is 23.6 Å². The molecule has 7 nitrogen and oxygen atoms in total. The van der Waals surface area contributed by atoms with Crippen LogP contribution in [0.3, 0.4) is 0 Å². The minimum atomic E-state index is -1.19. The molecule has 0 radical (unpaired) electrons. The number of carbonyl (C=O) groups is 2. The Hall–Kier alpha value is -3.58. The zero-order chi connectivity index (χ0) is 23.4. The van der Waals surface area contributed by atoms with Gasteiger partial charge in [0.15, 0.2) is 5.60 Å². The van der Waals surface area contributed by atoms with E-state index in [1.807, 2.05) is 61.5 Å². The van der Waals surface area contributed by atoms with Gasteiger partial charge in [-0.1, -0.05) is 54.6 Å². The summed E-state index contributed by atoms with van der Waals surface area (Å²) >= 11 is 0. The highest BCUT2D eigenvalue weighted by atomic mass is 16.5. The van der Waals surface area contributed by atoms with Gasteiger partial charge in [-0.15, -0.1) is 0 Å². The van der Waals surface area contributed by atoms with E-state index < -0.39 is 5.60 Å². The van der Waals surface area contributed by atoms with Crippen LogP contribution < -0.4 is 0 Å². The Kier molecular flexibility index (Phi) is 6.51. The number of ether oxygens (including phenoxy) is 1. The second-order valence-electron chi connectivity index (χ2n) is 8.51. The number of likely N-dealkylation sites (N-methyl/N-ethyl adjacent to an activating group) is 1.